The Labute approximate surface area is 91.5 Å². The lowest BCUT2D eigenvalue weighted by Gasteiger charge is -2.18. The van der Waals surface area contributed by atoms with Crippen LogP contribution in [0.2, 0.25) is 0 Å². The average Bonchev–Trinajstić information content (AvgIpc) is 2.65. The lowest BCUT2D eigenvalue weighted by Crippen LogP contribution is -2.33. The van der Waals surface area contributed by atoms with E-state index in [1.807, 2.05) is 18.3 Å². The molecule has 15 heavy (non-hydrogen) atoms. The van der Waals surface area contributed by atoms with Crippen molar-refractivity contribution < 1.29 is 0 Å². The molecule has 1 N–H and O–H groups in total. The second kappa shape index (κ2) is 4.73. The summed E-state index contributed by atoms with van der Waals surface area (Å²) in [5.41, 5.74) is 1.13. The van der Waals surface area contributed by atoms with Crippen molar-refractivity contribution >= 4 is 0 Å². The van der Waals surface area contributed by atoms with Gasteiger partial charge in [0, 0.05) is 24.8 Å². The van der Waals surface area contributed by atoms with Crippen LogP contribution in [0.25, 0.3) is 0 Å². The van der Waals surface area contributed by atoms with E-state index < -0.39 is 0 Å². The Kier molecular flexibility index (Phi) is 3.34. The second-order valence-electron chi connectivity index (χ2n) is 4.39. The molecule has 0 radical (unpaired) electrons. The molecule has 0 aromatic carbocycles. The molecule has 2 atom stereocenters. The van der Waals surface area contributed by atoms with Gasteiger partial charge in [0.25, 0.3) is 0 Å². The number of nitrogens with zero attached hydrogens (tertiary/aromatic N) is 2. The molecular formula is C12H19N3. The number of hydrogen-bond acceptors (Lipinski definition) is 3. The molecule has 3 heteroatoms. The minimum atomic E-state index is 0.350. The first-order chi connectivity index (χ1) is 7.25. The quantitative estimate of drug-likeness (QED) is 0.809. The maximum Gasteiger partial charge on any atom is 0.0570 e. The third-order valence-electron chi connectivity index (χ3n) is 3.01. The van der Waals surface area contributed by atoms with Gasteiger partial charge in [0.2, 0.25) is 0 Å². The standard InChI is InChI=1S/C12H19N3/c1-10(12-5-3-4-7-13-12)14-11-6-8-15(2)9-11/h3-5,7,10-11,14H,6,8-9H2,1-2H3/t10-,11?/m0/s1. The Morgan fingerprint density at radius 3 is 3.00 bits per heavy atom. The Morgan fingerprint density at radius 2 is 2.40 bits per heavy atom. The van der Waals surface area contributed by atoms with Crippen molar-refractivity contribution in [3.8, 4) is 0 Å². The van der Waals surface area contributed by atoms with Gasteiger partial charge in [0.1, 0.15) is 0 Å². The van der Waals surface area contributed by atoms with Crippen molar-refractivity contribution in [3.05, 3.63) is 30.1 Å². The molecule has 0 saturated carbocycles. The molecule has 1 unspecified atom stereocenters. The lowest BCUT2D eigenvalue weighted by molar-refractivity contribution is 0.386. The molecule has 0 amide bonds. The van der Waals surface area contributed by atoms with Crippen LogP contribution in [0, 0.1) is 0 Å². The van der Waals surface area contributed by atoms with E-state index in [9.17, 15) is 0 Å². The first kappa shape index (κ1) is 10.6. The smallest absolute Gasteiger partial charge is 0.0570 e. The molecule has 82 valence electrons. The first-order valence-electron chi connectivity index (χ1n) is 5.61. The molecule has 2 heterocycles. The summed E-state index contributed by atoms with van der Waals surface area (Å²) >= 11 is 0. The van der Waals surface area contributed by atoms with E-state index in [0.717, 1.165) is 12.2 Å². The van der Waals surface area contributed by atoms with Gasteiger partial charge in [-0.2, -0.15) is 0 Å². The highest BCUT2D eigenvalue weighted by Crippen LogP contribution is 2.13. The fourth-order valence-corrected chi connectivity index (χ4v) is 2.14. The van der Waals surface area contributed by atoms with Gasteiger partial charge >= 0.3 is 0 Å². The molecule has 1 aliphatic rings. The van der Waals surface area contributed by atoms with E-state index in [1.54, 1.807) is 0 Å². The Morgan fingerprint density at radius 1 is 1.53 bits per heavy atom. The zero-order chi connectivity index (χ0) is 10.7. The van der Waals surface area contributed by atoms with Crippen molar-refractivity contribution in [1.29, 1.82) is 0 Å². The van der Waals surface area contributed by atoms with Crippen LogP contribution in [0.3, 0.4) is 0 Å². The molecule has 1 fully saturated rings. The third kappa shape index (κ3) is 2.76. The monoisotopic (exact) mass is 205 g/mol. The predicted molar refractivity (Wildman–Crippen MR) is 61.7 cm³/mol. The van der Waals surface area contributed by atoms with Crippen molar-refractivity contribution in [2.24, 2.45) is 0 Å². The number of nitrogens with one attached hydrogen (secondary N) is 1. The second-order valence-corrected chi connectivity index (χ2v) is 4.39. The fourth-order valence-electron chi connectivity index (χ4n) is 2.14. The van der Waals surface area contributed by atoms with E-state index in [4.69, 9.17) is 0 Å². The van der Waals surface area contributed by atoms with Crippen LogP contribution in [-0.4, -0.2) is 36.1 Å². The minimum Gasteiger partial charge on any atom is -0.305 e. The van der Waals surface area contributed by atoms with Gasteiger partial charge in [0.15, 0.2) is 0 Å². The van der Waals surface area contributed by atoms with Crippen molar-refractivity contribution in [1.82, 2.24) is 15.2 Å². The maximum absolute atomic E-state index is 4.36. The molecule has 1 aliphatic heterocycles. The highest BCUT2D eigenvalue weighted by molar-refractivity contribution is 5.08. The van der Waals surface area contributed by atoms with E-state index in [0.29, 0.717) is 12.1 Å². The Balaban J connectivity index is 1.90. The van der Waals surface area contributed by atoms with Gasteiger partial charge in [-0.1, -0.05) is 6.07 Å². The fraction of sp³-hybridized carbons (Fsp3) is 0.583. The van der Waals surface area contributed by atoms with Crippen LogP contribution in [0.5, 0.6) is 0 Å². The minimum absolute atomic E-state index is 0.350. The number of aromatic nitrogens is 1. The Bertz CT molecular complexity index is 299. The summed E-state index contributed by atoms with van der Waals surface area (Å²) in [7, 11) is 2.17. The van der Waals surface area contributed by atoms with Crippen LogP contribution >= 0.6 is 0 Å². The number of likely N-dealkylation sites (N-methyl/N-ethyl adjacent to an activating group) is 1. The van der Waals surface area contributed by atoms with Crippen molar-refractivity contribution in [3.63, 3.8) is 0 Å². The summed E-state index contributed by atoms with van der Waals surface area (Å²) in [6.07, 6.45) is 3.10. The number of rotatable bonds is 3. The number of pyridine rings is 1. The molecule has 1 aromatic rings. The molecule has 3 nitrogen and oxygen atoms in total. The van der Waals surface area contributed by atoms with E-state index in [-0.39, 0.29) is 0 Å². The van der Waals surface area contributed by atoms with Crippen molar-refractivity contribution in [2.45, 2.75) is 25.4 Å². The van der Waals surface area contributed by atoms with Crippen molar-refractivity contribution in [2.75, 3.05) is 20.1 Å². The van der Waals surface area contributed by atoms with E-state index in [1.165, 1.54) is 13.0 Å². The van der Waals surface area contributed by atoms with Crippen LogP contribution in [0.1, 0.15) is 25.1 Å². The van der Waals surface area contributed by atoms with Crippen LogP contribution in [-0.2, 0) is 0 Å². The molecule has 0 aliphatic carbocycles. The highest BCUT2D eigenvalue weighted by atomic mass is 15.2. The largest absolute Gasteiger partial charge is 0.305 e. The van der Waals surface area contributed by atoms with E-state index in [2.05, 4.69) is 35.2 Å². The van der Waals surface area contributed by atoms with Gasteiger partial charge < -0.3 is 10.2 Å². The van der Waals surface area contributed by atoms with Gasteiger partial charge in [-0.3, -0.25) is 4.98 Å². The molecule has 2 rings (SSSR count). The van der Waals surface area contributed by atoms with Crippen LogP contribution < -0.4 is 5.32 Å². The first-order valence-corrected chi connectivity index (χ1v) is 5.61. The van der Waals surface area contributed by atoms with Gasteiger partial charge in [0.05, 0.1) is 5.69 Å². The molecule has 1 saturated heterocycles. The van der Waals surface area contributed by atoms with Gasteiger partial charge in [-0.25, -0.2) is 0 Å². The zero-order valence-electron chi connectivity index (χ0n) is 9.48. The summed E-state index contributed by atoms with van der Waals surface area (Å²) in [4.78, 5) is 6.73. The summed E-state index contributed by atoms with van der Waals surface area (Å²) < 4.78 is 0. The summed E-state index contributed by atoms with van der Waals surface area (Å²) in [5, 5.41) is 3.62. The zero-order valence-corrected chi connectivity index (χ0v) is 9.48. The van der Waals surface area contributed by atoms with Gasteiger partial charge in [-0.15, -0.1) is 0 Å². The predicted octanol–water partition coefficient (Wildman–Crippen LogP) is 1.44. The summed E-state index contributed by atoms with van der Waals surface area (Å²) in [6.45, 7) is 4.53. The summed E-state index contributed by atoms with van der Waals surface area (Å²) in [6, 6.07) is 7.05. The number of likely N-dealkylation sites (tertiary alicyclic amines) is 1. The number of hydrogen-bond donors (Lipinski definition) is 1. The molecular weight excluding hydrogens is 186 g/mol. The molecule has 1 aromatic heterocycles. The van der Waals surface area contributed by atoms with Crippen LogP contribution in [0.15, 0.2) is 24.4 Å². The highest BCUT2D eigenvalue weighted by Gasteiger charge is 2.21. The SMILES string of the molecule is C[C@H](NC1CCN(C)C1)c1ccccn1. The lowest BCUT2D eigenvalue weighted by atomic mass is 10.1. The maximum atomic E-state index is 4.36. The Hall–Kier alpha value is -0.930. The molecule has 0 bridgehead atoms. The average molecular weight is 205 g/mol. The van der Waals surface area contributed by atoms with Gasteiger partial charge in [-0.05, 0) is 39.1 Å². The normalized spacial score (nSPS) is 24.3. The third-order valence-corrected chi connectivity index (χ3v) is 3.01. The topological polar surface area (TPSA) is 28.2 Å². The van der Waals surface area contributed by atoms with Crippen LogP contribution in [0.4, 0.5) is 0 Å². The molecule has 0 spiro atoms. The summed E-state index contributed by atoms with van der Waals surface area (Å²) in [5.74, 6) is 0. The van der Waals surface area contributed by atoms with E-state index >= 15 is 0 Å².